The Morgan fingerprint density at radius 2 is 1.70 bits per heavy atom. The van der Waals surface area contributed by atoms with Crippen LogP contribution in [0.5, 0.6) is 0 Å². The highest BCUT2D eigenvalue weighted by molar-refractivity contribution is 7.89. The Bertz CT molecular complexity index is 1460. The number of rotatable bonds is 7. The summed E-state index contributed by atoms with van der Waals surface area (Å²) in [6, 6.07) is 14.8. The van der Waals surface area contributed by atoms with E-state index < -0.39 is 21.5 Å². The molecule has 170 valence electrons. The lowest BCUT2D eigenvalue weighted by atomic mass is 10.2. The summed E-state index contributed by atoms with van der Waals surface area (Å²) in [5, 5.41) is 4.47. The highest BCUT2D eigenvalue weighted by atomic mass is 32.2. The van der Waals surface area contributed by atoms with E-state index in [1.165, 1.54) is 45.8 Å². The van der Waals surface area contributed by atoms with Crippen LogP contribution in [0.3, 0.4) is 0 Å². The fourth-order valence-corrected chi connectivity index (χ4v) is 4.87. The molecule has 0 aliphatic heterocycles. The van der Waals surface area contributed by atoms with Crippen LogP contribution in [-0.4, -0.2) is 51.2 Å². The van der Waals surface area contributed by atoms with Gasteiger partial charge in [-0.05, 0) is 36.4 Å². The molecule has 0 saturated carbocycles. The largest absolute Gasteiger partial charge is 0.283 e. The van der Waals surface area contributed by atoms with Crippen LogP contribution in [0.15, 0.2) is 76.8 Å². The number of benzene rings is 2. The van der Waals surface area contributed by atoms with Crippen LogP contribution < -0.4 is 11.0 Å². The SMILES string of the molecule is CCN(CC)S(=O)(=O)c1ccc(C(=O)Nn2cnc3c(cnn3-c3ccccc3)c2=O)cc1. The van der Waals surface area contributed by atoms with E-state index in [0.29, 0.717) is 18.7 Å². The van der Waals surface area contributed by atoms with Gasteiger partial charge in [0.25, 0.3) is 11.5 Å². The maximum atomic E-state index is 12.8. The van der Waals surface area contributed by atoms with Gasteiger partial charge in [0.1, 0.15) is 11.7 Å². The van der Waals surface area contributed by atoms with Crippen LogP contribution in [-0.2, 0) is 10.0 Å². The van der Waals surface area contributed by atoms with Crippen molar-refractivity contribution in [3.05, 3.63) is 83.0 Å². The summed E-state index contributed by atoms with van der Waals surface area (Å²) in [5.74, 6) is -0.583. The van der Waals surface area contributed by atoms with Crippen LogP contribution >= 0.6 is 0 Å². The van der Waals surface area contributed by atoms with Gasteiger partial charge < -0.3 is 0 Å². The fraction of sp³-hybridized carbons (Fsp3) is 0.182. The summed E-state index contributed by atoms with van der Waals surface area (Å²) in [7, 11) is -3.63. The Hall–Kier alpha value is -3.83. The van der Waals surface area contributed by atoms with E-state index in [1.807, 2.05) is 30.3 Å². The molecule has 0 aliphatic rings. The molecule has 2 aromatic heterocycles. The van der Waals surface area contributed by atoms with Gasteiger partial charge in [0, 0.05) is 18.7 Å². The normalized spacial score (nSPS) is 11.7. The van der Waals surface area contributed by atoms with Gasteiger partial charge in [0.05, 0.1) is 16.8 Å². The molecule has 33 heavy (non-hydrogen) atoms. The topological polar surface area (TPSA) is 119 Å². The van der Waals surface area contributed by atoms with Crippen molar-refractivity contribution in [1.29, 1.82) is 0 Å². The quantitative estimate of drug-likeness (QED) is 0.445. The minimum absolute atomic E-state index is 0.0938. The second-order valence-electron chi connectivity index (χ2n) is 7.10. The third-order valence-corrected chi connectivity index (χ3v) is 7.24. The van der Waals surface area contributed by atoms with E-state index >= 15 is 0 Å². The van der Waals surface area contributed by atoms with Crippen LogP contribution in [0.1, 0.15) is 24.2 Å². The van der Waals surface area contributed by atoms with Crippen molar-refractivity contribution < 1.29 is 13.2 Å². The summed E-state index contributed by atoms with van der Waals surface area (Å²) < 4.78 is 29.1. The van der Waals surface area contributed by atoms with Gasteiger partial charge in [0.15, 0.2) is 5.65 Å². The van der Waals surface area contributed by atoms with Gasteiger partial charge in [-0.2, -0.15) is 9.40 Å². The third-order valence-electron chi connectivity index (χ3n) is 5.17. The minimum Gasteiger partial charge on any atom is -0.267 e. The fourth-order valence-electron chi connectivity index (χ4n) is 3.41. The van der Waals surface area contributed by atoms with E-state index in [-0.39, 0.29) is 15.8 Å². The molecule has 10 nitrogen and oxygen atoms in total. The van der Waals surface area contributed by atoms with Crippen molar-refractivity contribution in [3.8, 4) is 5.69 Å². The molecule has 2 aromatic carbocycles. The maximum Gasteiger partial charge on any atom is 0.283 e. The van der Waals surface area contributed by atoms with Crippen molar-refractivity contribution >= 4 is 27.0 Å². The number of carbonyl (C=O) groups is 1. The van der Waals surface area contributed by atoms with E-state index in [4.69, 9.17) is 0 Å². The second kappa shape index (κ2) is 8.96. The van der Waals surface area contributed by atoms with E-state index in [1.54, 1.807) is 13.8 Å². The summed E-state index contributed by atoms with van der Waals surface area (Å²) in [6.07, 6.45) is 2.61. The molecule has 1 N–H and O–H groups in total. The van der Waals surface area contributed by atoms with Crippen LogP contribution in [0, 0.1) is 0 Å². The molecule has 0 bridgehead atoms. The summed E-state index contributed by atoms with van der Waals surface area (Å²) in [4.78, 5) is 29.9. The molecule has 2 heterocycles. The Kier molecular flexibility index (Phi) is 6.07. The Morgan fingerprint density at radius 1 is 1.03 bits per heavy atom. The Labute approximate surface area is 190 Å². The molecule has 0 fully saturated rings. The van der Waals surface area contributed by atoms with Gasteiger partial charge in [-0.3, -0.25) is 15.0 Å². The van der Waals surface area contributed by atoms with Crippen molar-refractivity contribution in [2.24, 2.45) is 0 Å². The molecular weight excluding hydrogens is 444 g/mol. The monoisotopic (exact) mass is 466 g/mol. The Balaban J connectivity index is 1.58. The minimum atomic E-state index is -3.63. The molecule has 0 unspecified atom stereocenters. The number of hydrogen-bond acceptors (Lipinski definition) is 6. The molecule has 0 aliphatic carbocycles. The molecule has 1 amide bonds. The number of para-hydroxylation sites is 1. The van der Waals surface area contributed by atoms with E-state index in [0.717, 1.165) is 10.4 Å². The van der Waals surface area contributed by atoms with E-state index in [2.05, 4.69) is 15.5 Å². The molecule has 0 radical (unpaired) electrons. The number of fused-ring (bicyclic) bond motifs is 1. The lowest BCUT2D eigenvalue weighted by Gasteiger charge is -2.18. The van der Waals surface area contributed by atoms with Crippen LogP contribution in [0.4, 0.5) is 0 Å². The van der Waals surface area contributed by atoms with Gasteiger partial charge in [-0.15, -0.1) is 0 Å². The molecule has 4 aromatic rings. The van der Waals surface area contributed by atoms with Crippen molar-refractivity contribution in [2.75, 3.05) is 18.5 Å². The zero-order valence-electron chi connectivity index (χ0n) is 18.0. The molecule has 11 heteroatoms. The number of aromatic nitrogens is 4. The summed E-state index contributed by atoms with van der Waals surface area (Å²) in [5.41, 5.74) is 3.30. The summed E-state index contributed by atoms with van der Waals surface area (Å²) in [6.45, 7) is 4.21. The zero-order chi connectivity index (χ0) is 23.6. The van der Waals surface area contributed by atoms with Gasteiger partial charge in [0.2, 0.25) is 10.0 Å². The predicted molar refractivity (Wildman–Crippen MR) is 123 cm³/mol. The first-order chi connectivity index (χ1) is 15.9. The molecule has 0 atom stereocenters. The third kappa shape index (κ3) is 4.15. The lowest BCUT2D eigenvalue weighted by Crippen LogP contribution is -2.33. The van der Waals surface area contributed by atoms with Crippen LogP contribution in [0.25, 0.3) is 16.7 Å². The molecule has 4 rings (SSSR count). The van der Waals surface area contributed by atoms with Gasteiger partial charge >= 0.3 is 0 Å². The van der Waals surface area contributed by atoms with Gasteiger partial charge in [-0.25, -0.2) is 22.8 Å². The zero-order valence-corrected chi connectivity index (χ0v) is 18.9. The molecule has 0 spiro atoms. The molecular formula is C22H22N6O4S. The summed E-state index contributed by atoms with van der Waals surface area (Å²) >= 11 is 0. The smallest absolute Gasteiger partial charge is 0.267 e. The number of nitrogens with zero attached hydrogens (tertiary/aromatic N) is 5. The van der Waals surface area contributed by atoms with Crippen molar-refractivity contribution in [3.63, 3.8) is 0 Å². The first-order valence-corrected chi connectivity index (χ1v) is 11.7. The maximum absolute atomic E-state index is 12.8. The number of carbonyl (C=O) groups excluding carboxylic acids is 1. The van der Waals surface area contributed by atoms with Crippen molar-refractivity contribution in [2.45, 2.75) is 18.7 Å². The highest BCUT2D eigenvalue weighted by Crippen LogP contribution is 2.17. The number of nitrogens with one attached hydrogen (secondary N) is 1. The second-order valence-corrected chi connectivity index (χ2v) is 9.04. The standard InChI is InChI=1S/C22H22N6O4S/c1-3-26(4-2)33(31,32)18-12-10-16(11-13-18)21(29)25-27-15-23-20-19(22(27)30)14-24-28(20)17-8-6-5-7-9-17/h5-15H,3-4H2,1-2H3,(H,25,29). The first-order valence-electron chi connectivity index (χ1n) is 10.3. The predicted octanol–water partition coefficient (Wildman–Crippen LogP) is 2.00. The van der Waals surface area contributed by atoms with Crippen molar-refractivity contribution in [1.82, 2.24) is 23.7 Å². The average Bonchev–Trinajstić information content (AvgIpc) is 3.27. The van der Waals surface area contributed by atoms with Crippen LogP contribution in [0.2, 0.25) is 0 Å². The average molecular weight is 467 g/mol. The van der Waals surface area contributed by atoms with E-state index in [9.17, 15) is 18.0 Å². The number of sulfonamides is 1. The molecule has 0 saturated heterocycles. The Morgan fingerprint density at radius 3 is 2.33 bits per heavy atom. The number of hydrogen-bond donors (Lipinski definition) is 1. The van der Waals surface area contributed by atoms with Gasteiger partial charge in [-0.1, -0.05) is 32.0 Å². The lowest BCUT2D eigenvalue weighted by molar-refractivity contribution is 0.101. The number of amides is 1. The highest BCUT2D eigenvalue weighted by Gasteiger charge is 2.22. The first kappa shape index (κ1) is 22.4.